The Kier molecular flexibility index (Phi) is 4.35. The Hall–Kier alpha value is -0.820. The van der Waals surface area contributed by atoms with Crippen LogP contribution in [0.4, 0.5) is 0 Å². The van der Waals surface area contributed by atoms with Crippen molar-refractivity contribution in [1.29, 1.82) is 0 Å². The Morgan fingerprint density at radius 1 is 0.895 bits per heavy atom. The van der Waals surface area contributed by atoms with Crippen LogP contribution < -0.4 is 4.90 Å². The SMILES string of the molecule is Cc1c(C)c(C)c(C[NH+]2CCC[C@H](C)C2)c(C)c1C. The van der Waals surface area contributed by atoms with Crippen molar-refractivity contribution in [3.05, 3.63) is 33.4 Å². The third-order valence-electron chi connectivity index (χ3n) is 5.45. The van der Waals surface area contributed by atoms with Crippen LogP contribution in [0.3, 0.4) is 0 Å². The number of piperidine rings is 1. The fraction of sp³-hybridized carbons (Fsp3) is 0.667. The predicted octanol–water partition coefficient (Wildman–Crippen LogP) is 3.04. The average Bonchev–Trinajstić information content (AvgIpc) is 2.39. The molecule has 1 heteroatoms. The minimum atomic E-state index is 0.900. The molecule has 0 bridgehead atoms. The van der Waals surface area contributed by atoms with Crippen molar-refractivity contribution in [2.24, 2.45) is 5.92 Å². The summed E-state index contributed by atoms with van der Waals surface area (Å²) in [4.78, 5) is 1.78. The highest BCUT2D eigenvalue weighted by atomic mass is 15.1. The summed E-state index contributed by atoms with van der Waals surface area (Å²) in [6, 6.07) is 0. The zero-order valence-electron chi connectivity index (χ0n) is 13.6. The fourth-order valence-electron chi connectivity index (χ4n) is 3.65. The molecule has 0 radical (unpaired) electrons. The molecule has 0 saturated carbocycles. The standard InChI is InChI=1S/C18H29N/c1-12-8-7-9-19(10-12)11-18-16(5)14(3)13(2)15(4)17(18)6/h12H,7-11H2,1-6H3/p+1/t12-/m0/s1. The first kappa shape index (κ1) is 14.6. The topological polar surface area (TPSA) is 4.44 Å². The maximum absolute atomic E-state index is 2.41. The van der Waals surface area contributed by atoms with Crippen LogP contribution in [0.1, 0.15) is 53.1 Å². The largest absolute Gasteiger partial charge is 0.331 e. The zero-order valence-corrected chi connectivity index (χ0v) is 13.6. The predicted molar refractivity (Wildman–Crippen MR) is 82.9 cm³/mol. The second-order valence-electron chi connectivity index (χ2n) is 6.73. The summed E-state index contributed by atoms with van der Waals surface area (Å²) in [6.07, 6.45) is 2.83. The summed E-state index contributed by atoms with van der Waals surface area (Å²) >= 11 is 0. The van der Waals surface area contributed by atoms with Crippen LogP contribution in [0.5, 0.6) is 0 Å². The van der Waals surface area contributed by atoms with Crippen molar-refractivity contribution in [2.75, 3.05) is 13.1 Å². The molecule has 1 aromatic rings. The fourth-order valence-corrected chi connectivity index (χ4v) is 3.65. The van der Waals surface area contributed by atoms with E-state index in [2.05, 4.69) is 41.5 Å². The minimum absolute atomic E-state index is 0.900. The van der Waals surface area contributed by atoms with Crippen LogP contribution in [0.15, 0.2) is 0 Å². The van der Waals surface area contributed by atoms with Gasteiger partial charge in [-0.25, -0.2) is 0 Å². The molecule has 1 fully saturated rings. The summed E-state index contributed by atoms with van der Waals surface area (Å²) < 4.78 is 0. The molecule has 0 aliphatic carbocycles. The molecule has 2 rings (SSSR count). The highest BCUT2D eigenvalue weighted by Crippen LogP contribution is 2.25. The van der Waals surface area contributed by atoms with Crippen molar-refractivity contribution < 1.29 is 4.90 Å². The Morgan fingerprint density at radius 2 is 1.42 bits per heavy atom. The smallest absolute Gasteiger partial charge is 0.103 e. The highest BCUT2D eigenvalue weighted by molar-refractivity contribution is 5.49. The van der Waals surface area contributed by atoms with E-state index in [4.69, 9.17) is 0 Å². The van der Waals surface area contributed by atoms with Gasteiger partial charge in [0.1, 0.15) is 6.54 Å². The summed E-state index contributed by atoms with van der Waals surface area (Å²) in [7, 11) is 0. The van der Waals surface area contributed by atoms with E-state index in [1.54, 1.807) is 10.5 Å². The second-order valence-corrected chi connectivity index (χ2v) is 6.73. The third-order valence-corrected chi connectivity index (χ3v) is 5.45. The lowest BCUT2D eigenvalue weighted by Gasteiger charge is -2.29. The Labute approximate surface area is 119 Å². The van der Waals surface area contributed by atoms with Crippen molar-refractivity contribution in [3.8, 4) is 0 Å². The number of nitrogens with one attached hydrogen (secondary N) is 1. The lowest BCUT2D eigenvalue weighted by Crippen LogP contribution is -3.12. The zero-order chi connectivity index (χ0) is 14.2. The van der Waals surface area contributed by atoms with E-state index >= 15 is 0 Å². The summed E-state index contributed by atoms with van der Waals surface area (Å²) in [5.74, 6) is 0.900. The van der Waals surface area contributed by atoms with Gasteiger partial charge < -0.3 is 4.90 Å². The van der Waals surface area contributed by atoms with Crippen LogP contribution in [-0.2, 0) is 6.54 Å². The maximum Gasteiger partial charge on any atom is 0.103 e. The monoisotopic (exact) mass is 260 g/mol. The summed E-state index contributed by atoms with van der Waals surface area (Å²) in [6.45, 7) is 17.8. The molecule has 106 valence electrons. The lowest BCUT2D eigenvalue weighted by atomic mass is 9.89. The van der Waals surface area contributed by atoms with Gasteiger partial charge in [-0.1, -0.05) is 6.92 Å². The molecule has 1 heterocycles. The molecule has 1 saturated heterocycles. The summed E-state index contributed by atoms with van der Waals surface area (Å²) in [5, 5.41) is 0. The first-order chi connectivity index (χ1) is 8.91. The molecule has 1 unspecified atom stereocenters. The number of rotatable bonds is 2. The molecule has 1 aliphatic heterocycles. The van der Waals surface area contributed by atoms with Crippen molar-refractivity contribution in [1.82, 2.24) is 0 Å². The minimum Gasteiger partial charge on any atom is -0.331 e. The van der Waals surface area contributed by atoms with Gasteiger partial charge in [0.2, 0.25) is 0 Å². The molecule has 1 aromatic carbocycles. The molecule has 19 heavy (non-hydrogen) atoms. The number of likely N-dealkylation sites (tertiary alicyclic amines) is 1. The normalized spacial score (nSPS) is 23.7. The average molecular weight is 260 g/mol. The van der Waals surface area contributed by atoms with Crippen LogP contribution in [-0.4, -0.2) is 13.1 Å². The van der Waals surface area contributed by atoms with Crippen molar-refractivity contribution in [3.63, 3.8) is 0 Å². The molecular formula is C18H30N+. The molecule has 0 amide bonds. The van der Waals surface area contributed by atoms with E-state index < -0.39 is 0 Å². The van der Waals surface area contributed by atoms with Gasteiger partial charge in [-0.2, -0.15) is 0 Å². The number of quaternary nitrogens is 1. The van der Waals surface area contributed by atoms with E-state index in [1.165, 1.54) is 60.3 Å². The van der Waals surface area contributed by atoms with Crippen LogP contribution in [0, 0.1) is 40.5 Å². The highest BCUT2D eigenvalue weighted by Gasteiger charge is 2.22. The van der Waals surface area contributed by atoms with Gasteiger partial charge in [-0.15, -0.1) is 0 Å². The van der Waals surface area contributed by atoms with Crippen LogP contribution in [0.2, 0.25) is 0 Å². The maximum atomic E-state index is 2.41. The van der Waals surface area contributed by atoms with Gasteiger partial charge in [0, 0.05) is 11.5 Å². The quantitative estimate of drug-likeness (QED) is 0.833. The Morgan fingerprint density at radius 3 is 1.95 bits per heavy atom. The number of hydrogen-bond acceptors (Lipinski definition) is 0. The number of hydrogen-bond donors (Lipinski definition) is 1. The Balaban J connectivity index is 2.30. The number of benzene rings is 1. The first-order valence-electron chi connectivity index (χ1n) is 7.81. The van der Waals surface area contributed by atoms with E-state index in [0.717, 1.165) is 5.92 Å². The molecule has 0 aromatic heterocycles. The van der Waals surface area contributed by atoms with Gasteiger partial charge in [-0.05, 0) is 75.3 Å². The van der Waals surface area contributed by atoms with Crippen LogP contribution in [0.25, 0.3) is 0 Å². The molecular weight excluding hydrogens is 230 g/mol. The van der Waals surface area contributed by atoms with Gasteiger partial charge in [0.15, 0.2) is 0 Å². The third kappa shape index (κ3) is 2.86. The van der Waals surface area contributed by atoms with Crippen LogP contribution >= 0.6 is 0 Å². The van der Waals surface area contributed by atoms with Gasteiger partial charge in [0.25, 0.3) is 0 Å². The van der Waals surface area contributed by atoms with E-state index in [0.29, 0.717) is 0 Å². The first-order valence-corrected chi connectivity index (χ1v) is 7.81. The second kappa shape index (κ2) is 5.66. The molecule has 2 atom stereocenters. The van der Waals surface area contributed by atoms with E-state index in [1.807, 2.05) is 0 Å². The van der Waals surface area contributed by atoms with Gasteiger partial charge in [0.05, 0.1) is 13.1 Å². The van der Waals surface area contributed by atoms with Crippen molar-refractivity contribution in [2.45, 2.75) is 60.9 Å². The molecule has 1 nitrogen and oxygen atoms in total. The molecule has 0 spiro atoms. The van der Waals surface area contributed by atoms with E-state index in [9.17, 15) is 0 Å². The Bertz CT molecular complexity index is 444. The lowest BCUT2D eigenvalue weighted by molar-refractivity contribution is -0.922. The van der Waals surface area contributed by atoms with Crippen molar-refractivity contribution >= 4 is 0 Å². The van der Waals surface area contributed by atoms with E-state index in [-0.39, 0.29) is 0 Å². The summed E-state index contributed by atoms with van der Waals surface area (Å²) in [5.41, 5.74) is 9.17. The van der Waals surface area contributed by atoms with Gasteiger partial charge >= 0.3 is 0 Å². The molecule has 1 N–H and O–H groups in total. The van der Waals surface area contributed by atoms with Gasteiger partial charge in [-0.3, -0.25) is 0 Å². The molecule has 1 aliphatic rings.